The Labute approximate surface area is 124 Å². The first-order valence-corrected chi connectivity index (χ1v) is 7.48. The van der Waals surface area contributed by atoms with Crippen LogP contribution in [0.15, 0.2) is 0 Å². The lowest BCUT2D eigenvalue weighted by Gasteiger charge is -2.21. The molecule has 0 atom stereocenters. The van der Waals surface area contributed by atoms with E-state index in [1.165, 1.54) is 4.68 Å². The Morgan fingerprint density at radius 1 is 1.14 bits per heavy atom. The van der Waals surface area contributed by atoms with Crippen LogP contribution in [0.1, 0.15) is 56.2 Å². The zero-order valence-corrected chi connectivity index (χ0v) is 13.0. The maximum absolute atomic E-state index is 12.3. The van der Waals surface area contributed by atoms with Crippen LogP contribution in [0.3, 0.4) is 0 Å². The Hall–Kier alpha value is -1.92. The molecular weight excluding hydrogens is 272 g/mol. The predicted octanol–water partition coefficient (Wildman–Crippen LogP) is 1.58. The second-order valence-electron chi connectivity index (χ2n) is 4.98. The minimum atomic E-state index is -1.10. The highest BCUT2D eigenvalue weighted by atomic mass is 16.4. The highest BCUT2D eigenvalue weighted by Gasteiger charge is 2.21. The molecule has 7 heteroatoms. The van der Waals surface area contributed by atoms with Crippen LogP contribution in [0.25, 0.3) is 0 Å². The average molecular weight is 296 g/mol. The van der Waals surface area contributed by atoms with E-state index in [2.05, 4.69) is 10.3 Å². The molecule has 0 aromatic carbocycles. The number of nitrogens with zero attached hydrogens (tertiary/aromatic N) is 4. The van der Waals surface area contributed by atoms with E-state index in [1.54, 1.807) is 4.90 Å². The molecule has 1 aromatic heterocycles. The van der Waals surface area contributed by atoms with Gasteiger partial charge in [-0.1, -0.05) is 32.4 Å². The number of amides is 1. The van der Waals surface area contributed by atoms with Gasteiger partial charge in [-0.2, -0.15) is 0 Å². The monoisotopic (exact) mass is 296 g/mol. The Kier molecular flexibility index (Phi) is 6.84. The molecule has 1 rings (SSSR count). The van der Waals surface area contributed by atoms with Gasteiger partial charge in [0.05, 0.1) is 5.69 Å². The van der Waals surface area contributed by atoms with Crippen molar-refractivity contribution in [2.75, 3.05) is 13.1 Å². The zero-order chi connectivity index (χ0) is 15.8. The summed E-state index contributed by atoms with van der Waals surface area (Å²) in [5, 5.41) is 16.6. The van der Waals surface area contributed by atoms with Gasteiger partial charge in [0.15, 0.2) is 5.69 Å². The number of aromatic carboxylic acids is 1. The molecule has 118 valence electrons. The van der Waals surface area contributed by atoms with Crippen LogP contribution in [0.4, 0.5) is 0 Å². The summed E-state index contributed by atoms with van der Waals surface area (Å²) in [5.74, 6) is -1.14. The van der Waals surface area contributed by atoms with Crippen molar-refractivity contribution in [1.82, 2.24) is 19.9 Å². The summed E-state index contributed by atoms with van der Waals surface area (Å²) in [6.07, 6.45) is 3.11. The lowest BCUT2D eigenvalue weighted by Crippen LogP contribution is -2.35. The predicted molar refractivity (Wildman–Crippen MR) is 78.1 cm³/mol. The Morgan fingerprint density at radius 3 is 2.24 bits per heavy atom. The van der Waals surface area contributed by atoms with Crippen molar-refractivity contribution in [2.24, 2.45) is 0 Å². The van der Waals surface area contributed by atoms with Crippen molar-refractivity contribution < 1.29 is 14.7 Å². The van der Waals surface area contributed by atoms with Crippen molar-refractivity contribution in [1.29, 1.82) is 0 Å². The topological polar surface area (TPSA) is 88.3 Å². The highest BCUT2D eigenvalue weighted by molar-refractivity contribution is 5.86. The van der Waals surface area contributed by atoms with E-state index in [0.29, 0.717) is 25.2 Å². The number of carbonyl (C=O) groups is 2. The first-order chi connectivity index (χ1) is 10.0. The van der Waals surface area contributed by atoms with Gasteiger partial charge in [-0.3, -0.25) is 4.79 Å². The van der Waals surface area contributed by atoms with Crippen molar-refractivity contribution in [3.05, 3.63) is 11.4 Å². The maximum Gasteiger partial charge on any atom is 0.358 e. The van der Waals surface area contributed by atoms with E-state index in [-0.39, 0.29) is 18.1 Å². The Bertz CT molecular complexity index is 479. The van der Waals surface area contributed by atoms with Crippen molar-refractivity contribution in [3.8, 4) is 0 Å². The average Bonchev–Trinajstić information content (AvgIpc) is 2.82. The number of hydrogen-bond donors (Lipinski definition) is 1. The number of carboxylic acid groups (broad SMARTS) is 1. The molecule has 1 N–H and O–H groups in total. The third kappa shape index (κ3) is 4.54. The number of aromatic nitrogens is 3. The number of hydrogen-bond acceptors (Lipinski definition) is 4. The molecule has 1 amide bonds. The third-order valence-corrected chi connectivity index (χ3v) is 3.15. The van der Waals surface area contributed by atoms with E-state index < -0.39 is 5.97 Å². The maximum atomic E-state index is 12.3. The van der Waals surface area contributed by atoms with Crippen molar-refractivity contribution >= 4 is 11.9 Å². The number of rotatable bonds is 9. The van der Waals surface area contributed by atoms with Gasteiger partial charge in [0.1, 0.15) is 6.54 Å². The molecule has 0 fully saturated rings. The molecule has 0 unspecified atom stereocenters. The van der Waals surface area contributed by atoms with Crippen LogP contribution in [-0.4, -0.2) is 50.0 Å². The molecule has 0 spiro atoms. The normalized spacial score (nSPS) is 10.6. The smallest absolute Gasteiger partial charge is 0.358 e. The summed E-state index contributed by atoms with van der Waals surface area (Å²) in [6.45, 7) is 7.46. The molecule has 0 radical (unpaired) electrons. The minimum Gasteiger partial charge on any atom is -0.476 e. The number of carboxylic acids is 1. The first-order valence-electron chi connectivity index (χ1n) is 7.48. The van der Waals surface area contributed by atoms with Crippen LogP contribution in [0, 0.1) is 0 Å². The third-order valence-electron chi connectivity index (χ3n) is 3.15. The van der Waals surface area contributed by atoms with E-state index in [1.807, 2.05) is 20.8 Å². The Morgan fingerprint density at radius 2 is 1.76 bits per heavy atom. The quantitative estimate of drug-likeness (QED) is 0.747. The summed E-state index contributed by atoms with van der Waals surface area (Å²) < 4.78 is 1.42. The van der Waals surface area contributed by atoms with Crippen molar-refractivity contribution in [3.63, 3.8) is 0 Å². The molecule has 0 saturated heterocycles. The minimum absolute atomic E-state index is 0.0436. The molecule has 0 aliphatic heterocycles. The molecule has 0 saturated carbocycles. The summed E-state index contributed by atoms with van der Waals surface area (Å²) in [5.41, 5.74) is 0.466. The van der Waals surface area contributed by atoms with Gasteiger partial charge in [-0.05, 0) is 19.3 Å². The van der Waals surface area contributed by atoms with Gasteiger partial charge in [-0.25, -0.2) is 9.48 Å². The molecule has 7 nitrogen and oxygen atoms in total. The zero-order valence-electron chi connectivity index (χ0n) is 13.0. The van der Waals surface area contributed by atoms with Crippen molar-refractivity contribution in [2.45, 2.75) is 53.0 Å². The van der Waals surface area contributed by atoms with Crippen LogP contribution < -0.4 is 0 Å². The summed E-state index contributed by atoms with van der Waals surface area (Å²) >= 11 is 0. The fourth-order valence-corrected chi connectivity index (χ4v) is 2.24. The van der Waals surface area contributed by atoms with E-state index in [9.17, 15) is 9.59 Å². The first kappa shape index (κ1) is 17.1. The molecule has 1 aromatic rings. The van der Waals surface area contributed by atoms with Gasteiger partial charge in [0, 0.05) is 13.1 Å². The fourth-order valence-electron chi connectivity index (χ4n) is 2.24. The van der Waals surface area contributed by atoms with Crippen LogP contribution >= 0.6 is 0 Å². The largest absolute Gasteiger partial charge is 0.476 e. The lowest BCUT2D eigenvalue weighted by molar-refractivity contribution is -0.132. The van der Waals surface area contributed by atoms with Gasteiger partial charge in [-0.15, -0.1) is 5.10 Å². The molecule has 0 aliphatic carbocycles. The van der Waals surface area contributed by atoms with Crippen LogP contribution in [-0.2, 0) is 17.8 Å². The van der Waals surface area contributed by atoms with Gasteiger partial charge < -0.3 is 10.0 Å². The molecule has 1 heterocycles. The fraction of sp³-hybridized carbons (Fsp3) is 0.714. The van der Waals surface area contributed by atoms with E-state index in [4.69, 9.17) is 5.11 Å². The summed E-state index contributed by atoms with van der Waals surface area (Å²) in [4.78, 5) is 25.2. The molecule has 0 bridgehead atoms. The molecule has 21 heavy (non-hydrogen) atoms. The Balaban J connectivity index is 2.90. The summed E-state index contributed by atoms with van der Waals surface area (Å²) in [6, 6.07) is 0. The van der Waals surface area contributed by atoms with Gasteiger partial charge >= 0.3 is 5.97 Å². The lowest BCUT2D eigenvalue weighted by atomic mass is 10.2. The SMILES string of the molecule is CCCc1c(C(=O)O)nnn1CC(=O)N(CCC)CCC. The second-order valence-corrected chi connectivity index (χ2v) is 4.98. The summed E-state index contributed by atoms with van der Waals surface area (Å²) in [7, 11) is 0. The molecular formula is C14H24N4O3. The highest BCUT2D eigenvalue weighted by Crippen LogP contribution is 2.09. The van der Waals surface area contributed by atoms with E-state index in [0.717, 1.165) is 19.3 Å². The van der Waals surface area contributed by atoms with E-state index >= 15 is 0 Å². The second kappa shape index (κ2) is 8.39. The van der Waals surface area contributed by atoms with Gasteiger partial charge in [0.2, 0.25) is 5.91 Å². The molecule has 0 aliphatic rings. The van der Waals surface area contributed by atoms with Crippen LogP contribution in [0.5, 0.6) is 0 Å². The number of carbonyl (C=O) groups excluding carboxylic acids is 1. The van der Waals surface area contributed by atoms with Crippen LogP contribution in [0.2, 0.25) is 0 Å². The standard InChI is InChI=1S/C14H24N4O3/c1-4-7-11-13(14(20)21)15-16-18(11)10-12(19)17(8-5-2)9-6-3/h4-10H2,1-3H3,(H,20,21). The van der Waals surface area contributed by atoms with Gasteiger partial charge in [0.25, 0.3) is 0 Å².